The van der Waals surface area contributed by atoms with Gasteiger partial charge in [-0.1, -0.05) is 110 Å². The average Bonchev–Trinajstić information content (AvgIpc) is 2.59. The third-order valence-electron chi connectivity index (χ3n) is 5.32. The molecular formula is C21H44O4S. The van der Waals surface area contributed by atoms with Crippen LogP contribution in [0.4, 0.5) is 0 Å². The van der Waals surface area contributed by atoms with Crippen molar-refractivity contribution >= 4 is 10.1 Å². The molecule has 0 aromatic heterocycles. The first-order valence-corrected chi connectivity index (χ1v) is 12.6. The molecule has 0 heterocycles. The van der Waals surface area contributed by atoms with Crippen molar-refractivity contribution in [3.05, 3.63) is 0 Å². The quantitative estimate of drug-likeness (QED) is 0.200. The van der Waals surface area contributed by atoms with Gasteiger partial charge in [-0.3, -0.25) is 4.55 Å². The predicted molar refractivity (Wildman–Crippen MR) is 111 cm³/mol. The summed E-state index contributed by atoms with van der Waals surface area (Å²) >= 11 is 0. The van der Waals surface area contributed by atoms with E-state index in [0.717, 1.165) is 19.3 Å². The number of hydrogen-bond donors (Lipinski definition) is 2. The van der Waals surface area contributed by atoms with Crippen molar-refractivity contribution < 1.29 is 18.1 Å². The molecule has 0 saturated heterocycles. The van der Waals surface area contributed by atoms with E-state index in [4.69, 9.17) is 0 Å². The largest absolute Gasteiger partial charge is 0.392 e. The summed E-state index contributed by atoms with van der Waals surface area (Å²) in [5, 5.41) is 8.71. The van der Waals surface area contributed by atoms with Crippen LogP contribution in [-0.2, 0) is 10.1 Å². The van der Waals surface area contributed by atoms with Gasteiger partial charge in [0.2, 0.25) is 0 Å². The predicted octanol–water partition coefficient (Wildman–Crippen LogP) is 6.28. The Morgan fingerprint density at radius 1 is 0.654 bits per heavy atom. The van der Waals surface area contributed by atoms with Gasteiger partial charge in [-0.05, 0) is 12.8 Å². The summed E-state index contributed by atoms with van der Waals surface area (Å²) in [6.07, 6.45) is 18.7. The number of unbranched alkanes of at least 4 members (excludes halogenated alkanes) is 14. The fourth-order valence-electron chi connectivity index (χ4n) is 3.52. The van der Waals surface area contributed by atoms with Crippen molar-refractivity contribution in [1.29, 1.82) is 0 Å². The Morgan fingerprint density at radius 2 is 1.00 bits per heavy atom. The molecule has 0 fully saturated rings. The van der Waals surface area contributed by atoms with Gasteiger partial charge >= 0.3 is 0 Å². The average molecular weight is 393 g/mol. The Kier molecular flexibility index (Phi) is 16.9. The van der Waals surface area contributed by atoms with Crippen LogP contribution >= 0.6 is 0 Å². The van der Waals surface area contributed by atoms with Crippen LogP contribution in [0.15, 0.2) is 0 Å². The molecule has 2 atom stereocenters. The van der Waals surface area contributed by atoms with Crippen LogP contribution < -0.4 is 0 Å². The Hall–Kier alpha value is -0.130. The minimum absolute atomic E-state index is 0.350. The number of rotatable bonds is 19. The second kappa shape index (κ2) is 17.0. The summed E-state index contributed by atoms with van der Waals surface area (Å²) < 4.78 is 31.8. The van der Waals surface area contributed by atoms with Crippen molar-refractivity contribution in [2.45, 2.75) is 134 Å². The molecule has 0 aliphatic heterocycles. The summed E-state index contributed by atoms with van der Waals surface area (Å²) in [4.78, 5) is 0. The van der Waals surface area contributed by atoms with Crippen molar-refractivity contribution in [2.75, 3.05) is 0 Å². The van der Waals surface area contributed by atoms with Crippen molar-refractivity contribution in [2.24, 2.45) is 0 Å². The molecule has 2 N–H and O–H groups in total. The lowest BCUT2D eigenvalue weighted by Gasteiger charge is -2.18. The van der Waals surface area contributed by atoms with E-state index in [0.29, 0.717) is 12.8 Å². The van der Waals surface area contributed by atoms with E-state index >= 15 is 0 Å². The highest BCUT2D eigenvalue weighted by Crippen LogP contribution is 2.18. The molecule has 4 nitrogen and oxygen atoms in total. The van der Waals surface area contributed by atoms with Gasteiger partial charge in [0.25, 0.3) is 10.1 Å². The minimum atomic E-state index is -4.15. The van der Waals surface area contributed by atoms with Crippen molar-refractivity contribution in [1.82, 2.24) is 0 Å². The molecular weight excluding hydrogens is 348 g/mol. The fraction of sp³-hybridized carbons (Fsp3) is 1.00. The van der Waals surface area contributed by atoms with E-state index in [9.17, 15) is 18.1 Å². The Balaban J connectivity index is 3.43. The molecule has 26 heavy (non-hydrogen) atoms. The van der Waals surface area contributed by atoms with Gasteiger partial charge in [0, 0.05) is 0 Å². The van der Waals surface area contributed by atoms with E-state index in [1.165, 1.54) is 77.0 Å². The molecule has 0 radical (unpaired) electrons. The number of aliphatic hydroxyl groups is 1. The van der Waals surface area contributed by atoms with Crippen LogP contribution in [-0.4, -0.2) is 29.4 Å². The SMILES string of the molecule is CCCCCCCCCCCCCCCCCC(C(O)CC)S(=O)(=O)O. The molecule has 0 rings (SSSR count). The first-order valence-electron chi connectivity index (χ1n) is 11.1. The summed E-state index contributed by atoms with van der Waals surface area (Å²) in [5.41, 5.74) is 0. The Labute approximate surface area is 162 Å². The molecule has 0 aliphatic carbocycles. The Bertz CT molecular complexity index is 395. The molecule has 5 heteroatoms. The zero-order valence-electron chi connectivity index (χ0n) is 17.3. The van der Waals surface area contributed by atoms with Gasteiger partial charge in [0.1, 0.15) is 5.25 Å². The maximum absolute atomic E-state index is 11.3. The Morgan fingerprint density at radius 3 is 1.31 bits per heavy atom. The molecule has 0 aromatic carbocycles. The van der Waals surface area contributed by atoms with Crippen LogP contribution in [0.1, 0.15) is 123 Å². The standard InChI is InChI=1S/C21H44O4S/c1-3-5-6-7-8-9-10-11-12-13-14-15-16-17-18-19-21(20(22)4-2)26(23,24)25/h20-22H,3-19H2,1-2H3,(H,23,24,25). The lowest BCUT2D eigenvalue weighted by molar-refractivity contribution is 0.155. The summed E-state index contributed by atoms with van der Waals surface area (Å²) in [7, 11) is -4.15. The van der Waals surface area contributed by atoms with Gasteiger partial charge in [-0.2, -0.15) is 8.42 Å². The number of aliphatic hydroxyl groups excluding tert-OH is 1. The normalized spacial score (nSPS) is 14.5. The van der Waals surface area contributed by atoms with Crippen LogP contribution in [0.5, 0.6) is 0 Å². The first kappa shape index (κ1) is 25.9. The summed E-state index contributed by atoms with van der Waals surface area (Å²) in [6.45, 7) is 3.99. The van der Waals surface area contributed by atoms with Gasteiger partial charge in [-0.15, -0.1) is 0 Å². The second-order valence-electron chi connectivity index (χ2n) is 7.77. The molecule has 158 valence electrons. The molecule has 0 amide bonds. The lowest BCUT2D eigenvalue weighted by atomic mass is 10.0. The number of hydrogen-bond acceptors (Lipinski definition) is 3. The van der Waals surface area contributed by atoms with Crippen molar-refractivity contribution in [3.63, 3.8) is 0 Å². The molecule has 0 aliphatic rings. The minimum Gasteiger partial charge on any atom is -0.392 e. The highest BCUT2D eigenvalue weighted by atomic mass is 32.2. The molecule has 0 aromatic rings. The first-order chi connectivity index (χ1) is 12.4. The third-order valence-corrected chi connectivity index (χ3v) is 6.64. The van der Waals surface area contributed by atoms with Crippen LogP contribution in [0.3, 0.4) is 0 Å². The van der Waals surface area contributed by atoms with E-state index in [1.54, 1.807) is 6.92 Å². The van der Waals surface area contributed by atoms with Crippen molar-refractivity contribution in [3.8, 4) is 0 Å². The monoisotopic (exact) mass is 392 g/mol. The second-order valence-corrected chi connectivity index (χ2v) is 9.40. The molecule has 2 unspecified atom stereocenters. The molecule has 0 saturated carbocycles. The summed E-state index contributed by atoms with van der Waals surface area (Å²) in [6, 6.07) is 0. The topological polar surface area (TPSA) is 74.6 Å². The smallest absolute Gasteiger partial charge is 0.270 e. The van der Waals surface area contributed by atoms with Gasteiger partial charge in [-0.25, -0.2) is 0 Å². The highest BCUT2D eigenvalue weighted by molar-refractivity contribution is 7.86. The van der Waals surface area contributed by atoms with E-state index < -0.39 is 21.5 Å². The van der Waals surface area contributed by atoms with E-state index in [2.05, 4.69) is 6.92 Å². The van der Waals surface area contributed by atoms with Crippen LogP contribution in [0, 0.1) is 0 Å². The van der Waals surface area contributed by atoms with Crippen LogP contribution in [0.25, 0.3) is 0 Å². The summed E-state index contributed by atoms with van der Waals surface area (Å²) in [5.74, 6) is 0. The molecule has 0 bridgehead atoms. The van der Waals surface area contributed by atoms with E-state index in [1.807, 2.05) is 0 Å². The zero-order chi connectivity index (χ0) is 19.7. The maximum atomic E-state index is 11.3. The fourth-order valence-corrected chi connectivity index (χ4v) is 4.57. The highest BCUT2D eigenvalue weighted by Gasteiger charge is 2.29. The molecule has 0 spiro atoms. The van der Waals surface area contributed by atoms with Crippen LogP contribution in [0.2, 0.25) is 0 Å². The van der Waals surface area contributed by atoms with E-state index in [-0.39, 0.29) is 0 Å². The van der Waals surface area contributed by atoms with Gasteiger partial charge < -0.3 is 5.11 Å². The van der Waals surface area contributed by atoms with Gasteiger partial charge in [0.05, 0.1) is 6.10 Å². The van der Waals surface area contributed by atoms with Gasteiger partial charge in [0.15, 0.2) is 0 Å². The third kappa shape index (κ3) is 15.0. The lowest BCUT2D eigenvalue weighted by Crippen LogP contribution is -2.33. The maximum Gasteiger partial charge on any atom is 0.270 e. The zero-order valence-corrected chi connectivity index (χ0v) is 18.1.